The zero-order valence-corrected chi connectivity index (χ0v) is 9.75. The van der Waals surface area contributed by atoms with E-state index < -0.39 is 5.24 Å². The molecule has 1 aromatic carbocycles. The zero-order chi connectivity index (χ0) is 10.7. The number of rotatable bonds is 2. The molecule has 1 rings (SSSR count). The fourth-order valence-electron chi connectivity index (χ4n) is 0.946. The Morgan fingerprint density at radius 1 is 1.07 bits per heavy atom. The minimum absolute atomic E-state index is 0.0144. The Bertz CT molecular complexity index is 394. The first-order valence-corrected chi connectivity index (χ1v) is 5.05. The average molecular weight is 270 g/mol. The number of hydrogen-bond donors (Lipinski definition) is 0. The van der Waals surface area contributed by atoms with E-state index in [1.54, 1.807) is 24.3 Å². The van der Waals surface area contributed by atoms with Gasteiger partial charge in [0.05, 0.1) is 5.57 Å². The summed E-state index contributed by atoms with van der Waals surface area (Å²) in [6, 6.07) is 6.66. The number of halogens is 4. The van der Waals surface area contributed by atoms with Crippen LogP contribution in [-0.2, 0) is 4.79 Å². The molecule has 0 aliphatic rings. The van der Waals surface area contributed by atoms with Crippen LogP contribution in [-0.4, -0.2) is 5.24 Å². The van der Waals surface area contributed by atoms with Gasteiger partial charge in [-0.15, -0.1) is 0 Å². The van der Waals surface area contributed by atoms with E-state index in [0.29, 0.717) is 10.6 Å². The van der Waals surface area contributed by atoms with Crippen molar-refractivity contribution in [2.45, 2.75) is 0 Å². The van der Waals surface area contributed by atoms with Crippen molar-refractivity contribution in [3.63, 3.8) is 0 Å². The molecule has 0 aliphatic heterocycles. The van der Waals surface area contributed by atoms with Crippen molar-refractivity contribution in [2.24, 2.45) is 0 Å². The van der Waals surface area contributed by atoms with Crippen LogP contribution in [0.3, 0.4) is 0 Å². The zero-order valence-electron chi connectivity index (χ0n) is 6.73. The van der Waals surface area contributed by atoms with Crippen molar-refractivity contribution < 1.29 is 4.79 Å². The SMILES string of the molecule is O=C(Cl)C(=C(Cl)Cl)c1ccccc1Cl. The van der Waals surface area contributed by atoms with Gasteiger partial charge in [0, 0.05) is 10.6 Å². The predicted octanol–water partition coefficient (Wildman–Crippen LogP) is 4.25. The highest BCUT2D eigenvalue weighted by atomic mass is 35.5. The molecule has 0 saturated carbocycles. The fourth-order valence-corrected chi connectivity index (χ4v) is 1.84. The third-order valence-electron chi connectivity index (χ3n) is 1.53. The van der Waals surface area contributed by atoms with E-state index in [9.17, 15) is 4.79 Å². The van der Waals surface area contributed by atoms with E-state index in [1.807, 2.05) is 0 Å². The maximum Gasteiger partial charge on any atom is 0.255 e. The quantitative estimate of drug-likeness (QED) is 0.579. The number of carbonyl (C=O) groups excluding carboxylic acids is 1. The molecule has 0 saturated heterocycles. The van der Waals surface area contributed by atoms with Gasteiger partial charge in [0.15, 0.2) is 0 Å². The molecule has 74 valence electrons. The normalized spacial score (nSPS) is 9.71. The lowest BCUT2D eigenvalue weighted by atomic mass is 10.1. The van der Waals surface area contributed by atoms with Crippen molar-refractivity contribution in [1.82, 2.24) is 0 Å². The van der Waals surface area contributed by atoms with Gasteiger partial charge in [0.25, 0.3) is 5.24 Å². The number of hydrogen-bond acceptors (Lipinski definition) is 1. The summed E-state index contributed by atoms with van der Waals surface area (Å²) in [7, 11) is 0. The first-order valence-electron chi connectivity index (χ1n) is 3.54. The highest BCUT2D eigenvalue weighted by molar-refractivity contribution is 6.78. The topological polar surface area (TPSA) is 17.1 Å². The number of allylic oxidation sites excluding steroid dienone is 1. The minimum Gasteiger partial charge on any atom is -0.275 e. The van der Waals surface area contributed by atoms with E-state index in [-0.39, 0.29) is 10.1 Å². The second kappa shape index (κ2) is 5.04. The van der Waals surface area contributed by atoms with Gasteiger partial charge >= 0.3 is 0 Å². The highest BCUT2D eigenvalue weighted by Crippen LogP contribution is 2.31. The van der Waals surface area contributed by atoms with Gasteiger partial charge in [-0.3, -0.25) is 4.79 Å². The Morgan fingerprint density at radius 3 is 2.07 bits per heavy atom. The van der Waals surface area contributed by atoms with Crippen molar-refractivity contribution >= 4 is 57.2 Å². The number of benzene rings is 1. The summed E-state index contributed by atoms with van der Waals surface area (Å²) >= 11 is 22.2. The van der Waals surface area contributed by atoms with Crippen LogP contribution >= 0.6 is 46.4 Å². The van der Waals surface area contributed by atoms with E-state index in [1.165, 1.54) is 0 Å². The maximum absolute atomic E-state index is 11.0. The summed E-state index contributed by atoms with van der Waals surface area (Å²) in [6.07, 6.45) is 0. The molecule has 0 atom stereocenters. The standard InChI is InChI=1S/C9H4Cl4O/c10-6-4-2-1-3-5(6)7(8(11)12)9(13)14/h1-4H. The molecular weight excluding hydrogens is 266 g/mol. The molecule has 0 amide bonds. The molecule has 0 aliphatic carbocycles. The van der Waals surface area contributed by atoms with Crippen LogP contribution in [0.2, 0.25) is 5.02 Å². The van der Waals surface area contributed by atoms with Gasteiger partial charge in [-0.2, -0.15) is 0 Å². The van der Waals surface area contributed by atoms with E-state index in [0.717, 1.165) is 0 Å². The smallest absolute Gasteiger partial charge is 0.255 e. The molecule has 0 fully saturated rings. The summed E-state index contributed by atoms with van der Waals surface area (Å²) in [4.78, 5) is 11.0. The molecule has 0 heterocycles. The highest BCUT2D eigenvalue weighted by Gasteiger charge is 2.15. The molecule has 0 radical (unpaired) electrons. The molecule has 14 heavy (non-hydrogen) atoms. The van der Waals surface area contributed by atoms with Crippen LogP contribution < -0.4 is 0 Å². The van der Waals surface area contributed by atoms with Gasteiger partial charge in [-0.05, 0) is 17.7 Å². The minimum atomic E-state index is -0.738. The molecule has 0 unspecified atom stereocenters. The Kier molecular flexibility index (Phi) is 4.27. The molecule has 5 heteroatoms. The van der Waals surface area contributed by atoms with Crippen LogP contribution in [0.5, 0.6) is 0 Å². The first kappa shape index (κ1) is 11.9. The lowest BCUT2D eigenvalue weighted by molar-refractivity contribution is -0.106. The van der Waals surface area contributed by atoms with Crippen molar-refractivity contribution in [3.05, 3.63) is 39.3 Å². The van der Waals surface area contributed by atoms with Crippen LogP contribution in [0.4, 0.5) is 0 Å². The van der Waals surface area contributed by atoms with Crippen molar-refractivity contribution in [1.29, 1.82) is 0 Å². The molecule has 0 spiro atoms. The second-order valence-electron chi connectivity index (χ2n) is 2.39. The summed E-state index contributed by atoms with van der Waals surface area (Å²) in [5, 5.41) is -0.367. The lowest BCUT2D eigenvalue weighted by Gasteiger charge is -2.04. The molecule has 1 nitrogen and oxygen atoms in total. The number of carbonyl (C=O) groups is 1. The van der Waals surface area contributed by atoms with E-state index >= 15 is 0 Å². The summed E-state index contributed by atoms with van der Waals surface area (Å²) in [5.41, 5.74) is 0.440. The third kappa shape index (κ3) is 2.64. The third-order valence-corrected chi connectivity index (χ3v) is 2.43. The van der Waals surface area contributed by atoms with Crippen molar-refractivity contribution in [3.8, 4) is 0 Å². The second-order valence-corrected chi connectivity index (χ2v) is 4.09. The summed E-state index contributed by atoms with van der Waals surface area (Å²) < 4.78 is -0.196. The first-order chi connectivity index (χ1) is 6.54. The Labute approximate surface area is 101 Å². The van der Waals surface area contributed by atoms with Crippen LogP contribution in [0.25, 0.3) is 5.57 Å². The van der Waals surface area contributed by atoms with E-state index in [2.05, 4.69) is 0 Å². The predicted molar refractivity (Wildman–Crippen MR) is 60.9 cm³/mol. The Hall–Kier alpha value is -0.210. The monoisotopic (exact) mass is 268 g/mol. The van der Waals surface area contributed by atoms with Gasteiger partial charge in [0.2, 0.25) is 0 Å². The van der Waals surface area contributed by atoms with Gasteiger partial charge in [-0.25, -0.2) is 0 Å². The molecule has 1 aromatic rings. The fraction of sp³-hybridized carbons (Fsp3) is 0. The van der Waals surface area contributed by atoms with Crippen LogP contribution in [0, 0.1) is 0 Å². The van der Waals surface area contributed by atoms with Gasteiger partial charge in [-0.1, -0.05) is 53.0 Å². The molecule has 0 N–H and O–H groups in total. The average Bonchev–Trinajstić information content (AvgIpc) is 2.07. The van der Waals surface area contributed by atoms with Gasteiger partial charge in [0.1, 0.15) is 4.49 Å². The summed E-state index contributed by atoms with van der Waals surface area (Å²) in [5.74, 6) is 0. The maximum atomic E-state index is 11.0. The van der Waals surface area contributed by atoms with E-state index in [4.69, 9.17) is 46.4 Å². The molecule has 0 bridgehead atoms. The Morgan fingerprint density at radius 2 is 1.64 bits per heavy atom. The van der Waals surface area contributed by atoms with Gasteiger partial charge < -0.3 is 0 Å². The summed E-state index contributed by atoms with van der Waals surface area (Å²) in [6.45, 7) is 0. The lowest BCUT2D eigenvalue weighted by Crippen LogP contribution is -1.94. The van der Waals surface area contributed by atoms with Crippen molar-refractivity contribution in [2.75, 3.05) is 0 Å². The largest absolute Gasteiger partial charge is 0.275 e. The Balaban J connectivity index is 3.35. The van der Waals surface area contributed by atoms with Crippen LogP contribution in [0.15, 0.2) is 28.8 Å². The molecular formula is C9H4Cl4O. The molecule has 0 aromatic heterocycles. The van der Waals surface area contributed by atoms with Crippen LogP contribution in [0.1, 0.15) is 5.56 Å².